The van der Waals surface area contributed by atoms with E-state index in [-0.39, 0.29) is 11.8 Å². The number of nitrogens with one attached hydrogen (secondary N) is 2. The fraction of sp³-hybridized carbons (Fsp3) is 0.500. The molecule has 8 heteroatoms. The Morgan fingerprint density at radius 1 is 1.11 bits per heavy atom. The van der Waals surface area contributed by atoms with Gasteiger partial charge in [-0.25, -0.2) is 0 Å². The van der Waals surface area contributed by atoms with Crippen LogP contribution in [0.4, 0.5) is 17.1 Å². The second-order valence-electron chi connectivity index (χ2n) is 9.24. The number of aliphatic imine (C=N–C) groups is 1. The van der Waals surface area contributed by atoms with Gasteiger partial charge in [0.2, 0.25) is 0 Å². The number of Topliss-reactive ketones (excluding diaryl/α,β-unsaturated/α-hetero) is 1. The molecule has 1 aliphatic rings. The highest BCUT2D eigenvalue weighted by Crippen LogP contribution is 2.34. The van der Waals surface area contributed by atoms with Gasteiger partial charge in [-0.05, 0) is 50.9 Å². The molecule has 3 rings (SSSR count). The minimum absolute atomic E-state index is 0.0107. The molecule has 1 aliphatic heterocycles. The summed E-state index contributed by atoms with van der Waals surface area (Å²) in [6.45, 7) is 9.00. The summed E-state index contributed by atoms with van der Waals surface area (Å²) in [5, 5.41) is 6.70. The summed E-state index contributed by atoms with van der Waals surface area (Å²) >= 11 is 0. The molecule has 8 nitrogen and oxygen atoms in total. The Morgan fingerprint density at radius 2 is 1.81 bits per heavy atom. The number of hydrogen-bond donors (Lipinski definition) is 2. The molecule has 0 spiro atoms. The van der Waals surface area contributed by atoms with Crippen LogP contribution >= 0.6 is 0 Å². The summed E-state index contributed by atoms with van der Waals surface area (Å²) in [6.07, 6.45) is 4.47. The summed E-state index contributed by atoms with van der Waals surface area (Å²) in [5.74, 6) is 1.41. The fourth-order valence-electron chi connectivity index (χ4n) is 4.15. The maximum Gasteiger partial charge on any atom is 0.161 e. The number of rotatable bonds is 13. The van der Waals surface area contributed by atoms with Crippen LogP contribution in [0.2, 0.25) is 0 Å². The monoisotopic (exact) mass is 496 g/mol. The van der Waals surface area contributed by atoms with Gasteiger partial charge in [0.25, 0.3) is 0 Å². The average molecular weight is 497 g/mol. The molecule has 1 heterocycles. The van der Waals surface area contributed by atoms with Crippen LogP contribution in [-0.2, 0) is 4.74 Å². The Balaban J connectivity index is 1.89. The molecule has 196 valence electrons. The normalized spacial score (nSPS) is 14.3. The highest BCUT2D eigenvalue weighted by molar-refractivity contribution is 6.02. The Bertz CT molecular complexity index is 996. The third kappa shape index (κ3) is 7.96. The molecule has 1 saturated heterocycles. The summed E-state index contributed by atoms with van der Waals surface area (Å²) in [4.78, 5) is 19.4. The highest BCUT2D eigenvalue weighted by atomic mass is 16.5. The topological polar surface area (TPSA) is 84.4 Å². The van der Waals surface area contributed by atoms with Crippen molar-refractivity contribution in [2.24, 2.45) is 4.99 Å². The quantitative estimate of drug-likeness (QED) is 0.174. The first-order valence-electron chi connectivity index (χ1n) is 12.7. The lowest BCUT2D eigenvalue weighted by Crippen LogP contribution is -2.27. The summed E-state index contributed by atoms with van der Waals surface area (Å²) in [6, 6.07) is 12.4. The van der Waals surface area contributed by atoms with Crippen molar-refractivity contribution < 1.29 is 19.0 Å². The van der Waals surface area contributed by atoms with Crippen LogP contribution in [-0.4, -0.2) is 64.7 Å². The molecule has 36 heavy (non-hydrogen) atoms. The first-order chi connectivity index (χ1) is 17.4. The Hall–Kier alpha value is -3.10. The molecule has 0 unspecified atom stereocenters. The van der Waals surface area contributed by atoms with Gasteiger partial charge in [0, 0.05) is 60.9 Å². The van der Waals surface area contributed by atoms with Gasteiger partial charge in [-0.1, -0.05) is 13.8 Å². The zero-order valence-electron chi connectivity index (χ0n) is 22.2. The number of carbonyl (C=O) groups is 1. The number of methoxy groups -OCH3 is 2. The molecule has 1 fully saturated rings. The molecule has 0 aromatic heterocycles. The van der Waals surface area contributed by atoms with E-state index in [2.05, 4.69) is 34.4 Å². The molecular formula is C28H40N4O4. The maximum atomic E-state index is 12.6. The maximum absolute atomic E-state index is 12.6. The molecular weight excluding hydrogens is 456 g/mol. The standard InChI is InChI=1S/C28H40N4O4/c1-20(2)29-11-6-12-32(24-15-25(34-4)18-26(16-24)35-5)23-7-8-28(27(17-23)21(3)33)31-19-30-22-9-13-36-14-10-22/h7-8,15-20,22,29H,6,9-14H2,1-5H3,(H,30,31). The minimum Gasteiger partial charge on any atom is -0.497 e. The van der Waals surface area contributed by atoms with Crippen LogP contribution in [0.3, 0.4) is 0 Å². The van der Waals surface area contributed by atoms with E-state index < -0.39 is 0 Å². The average Bonchev–Trinajstić information content (AvgIpc) is 2.89. The van der Waals surface area contributed by atoms with Gasteiger partial charge in [0.15, 0.2) is 5.78 Å². The molecule has 0 atom stereocenters. The molecule has 0 radical (unpaired) electrons. The van der Waals surface area contributed by atoms with Gasteiger partial charge in [-0.2, -0.15) is 0 Å². The zero-order valence-corrected chi connectivity index (χ0v) is 22.2. The Kier molecular flexibility index (Phi) is 10.6. The van der Waals surface area contributed by atoms with Crippen molar-refractivity contribution in [2.75, 3.05) is 50.7 Å². The zero-order chi connectivity index (χ0) is 25.9. The van der Waals surface area contributed by atoms with Crippen LogP contribution in [0.5, 0.6) is 11.5 Å². The van der Waals surface area contributed by atoms with E-state index in [9.17, 15) is 4.79 Å². The molecule has 0 saturated carbocycles. The predicted octanol–water partition coefficient (Wildman–Crippen LogP) is 5.05. The van der Waals surface area contributed by atoms with Crippen molar-refractivity contribution in [3.05, 3.63) is 42.0 Å². The molecule has 0 amide bonds. The fourth-order valence-corrected chi connectivity index (χ4v) is 4.15. The van der Waals surface area contributed by atoms with Crippen molar-refractivity contribution >= 4 is 29.2 Å². The number of ketones is 1. The van der Waals surface area contributed by atoms with Crippen LogP contribution in [0.25, 0.3) is 0 Å². The van der Waals surface area contributed by atoms with Crippen LogP contribution in [0.15, 0.2) is 41.4 Å². The van der Waals surface area contributed by atoms with Crippen molar-refractivity contribution in [2.45, 2.75) is 52.1 Å². The molecule has 2 aromatic rings. The van der Waals surface area contributed by atoms with Crippen molar-refractivity contribution in [3.8, 4) is 11.5 Å². The van der Waals surface area contributed by atoms with Crippen molar-refractivity contribution in [1.82, 2.24) is 5.32 Å². The second kappa shape index (κ2) is 13.8. The lowest BCUT2D eigenvalue weighted by molar-refractivity contribution is 0.0872. The van der Waals surface area contributed by atoms with E-state index in [0.717, 1.165) is 62.6 Å². The largest absolute Gasteiger partial charge is 0.497 e. The van der Waals surface area contributed by atoms with Gasteiger partial charge in [-0.15, -0.1) is 0 Å². The minimum atomic E-state index is -0.0107. The van der Waals surface area contributed by atoms with Gasteiger partial charge in [0.05, 0.1) is 32.3 Å². The van der Waals surface area contributed by atoms with E-state index in [0.29, 0.717) is 23.1 Å². The first-order valence-corrected chi connectivity index (χ1v) is 12.7. The third-order valence-corrected chi connectivity index (χ3v) is 6.15. The predicted molar refractivity (Wildman–Crippen MR) is 147 cm³/mol. The van der Waals surface area contributed by atoms with Crippen LogP contribution in [0.1, 0.15) is 50.4 Å². The highest BCUT2D eigenvalue weighted by Gasteiger charge is 2.17. The number of benzene rings is 2. The Morgan fingerprint density at radius 3 is 2.42 bits per heavy atom. The van der Waals surface area contributed by atoms with Crippen LogP contribution < -0.4 is 25.0 Å². The SMILES string of the molecule is COc1cc(OC)cc(N(CCCNC(C)C)c2ccc(NC=NC3CCOCC3)c(C(C)=O)c2)c1. The van der Waals surface area contributed by atoms with E-state index in [1.807, 2.05) is 36.4 Å². The molecule has 2 N–H and O–H groups in total. The lowest BCUT2D eigenvalue weighted by atomic mass is 10.1. The van der Waals surface area contributed by atoms with E-state index in [4.69, 9.17) is 14.2 Å². The number of hydrogen-bond acceptors (Lipinski definition) is 7. The van der Waals surface area contributed by atoms with Crippen LogP contribution in [0, 0.1) is 0 Å². The van der Waals surface area contributed by atoms with Crippen molar-refractivity contribution in [3.63, 3.8) is 0 Å². The number of ether oxygens (including phenoxy) is 3. The number of anilines is 3. The molecule has 0 aliphatic carbocycles. The number of nitrogens with zero attached hydrogens (tertiary/aromatic N) is 2. The van der Waals surface area contributed by atoms with Gasteiger partial charge >= 0.3 is 0 Å². The molecule has 2 aromatic carbocycles. The summed E-state index contributed by atoms with van der Waals surface area (Å²) in [7, 11) is 3.29. The van der Waals surface area contributed by atoms with Crippen molar-refractivity contribution in [1.29, 1.82) is 0 Å². The van der Waals surface area contributed by atoms with E-state index >= 15 is 0 Å². The van der Waals surface area contributed by atoms with E-state index in [1.54, 1.807) is 27.5 Å². The van der Waals surface area contributed by atoms with E-state index in [1.165, 1.54) is 0 Å². The summed E-state index contributed by atoms with van der Waals surface area (Å²) < 4.78 is 16.4. The van der Waals surface area contributed by atoms with Gasteiger partial charge < -0.3 is 29.7 Å². The lowest BCUT2D eigenvalue weighted by Gasteiger charge is -2.27. The Labute approximate surface area is 215 Å². The first kappa shape index (κ1) is 27.5. The van der Waals surface area contributed by atoms with Gasteiger partial charge in [0.1, 0.15) is 11.5 Å². The molecule has 0 bridgehead atoms. The number of carbonyl (C=O) groups excluding carboxylic acids is 1. The smallest absolute Gasteiger partial charge is 0.161 e. The van der Waals surface area contributed by atoms with Gasteiger partial charge in [-0.3, -0.25) is 9.79 Å². The summed E-state index contributed by atoms with van der Waals surface area (Å²) in [5.41, 5.74) is 3.22. The third-order valence-electron chi connectivity index (χ3n) is 6.15. The second-order valence-corrected chi connectivity index (χ2v) is 9.24.